The fourth-order valence-corrected chi connectivity index (χ4v) is 6.96. The highest BCUT2D eigenvalue weighted by Crippen LogP contribution is 2.60. The molecule has 1 fully saturated rings. The first-order valence-corrected chi connectivity index (χ1v) is 12.8. The van der Waals surface area contributed by atoms with Crippen molar-refractivity contribution in [1.82, 2.24) is 19.7 Å². The van der Waals surface area contributed by atoms with Crippen molar-refractivity contribution in [2.45, 2.75) is 36.8 Å². The second-order valence-electron chi connectivity index (χ2n) is 9.95. The van der Waals surface area contributed by atoms with E-state index in [4.69, 9.17) is 32.9 Å². The number of hydrogen-bond acceptors (Lipinski definition) is 6. The van der Waals surface area contributed by atoms with E-state index in [1.807, 2.05) is 17.5 Å². The van der Waals surface area contributed by atoms with Crippen molar-refractivity contribution >= 4 is 46.4 Å². The first-order chi connectivity index (χ1) is 18.2. The van der Waals surface area contributed by atoms with Crippen LogP contribution in [0.25, 0.3) is 5.65 Å². The van der Waals surface area contributed by atoms with E-state index in [2.05, 4.69) is 15.6 Å². The molecule has 0 saturated carbocycles. The Morgan fingerprint density at radius 2 is 2.08 bits per heavy atom. The van der Waals surface area contributed by atoms with Gasteiger partial charge in [-0.15, -0.1) is 0 Å². The van der Waals surface area contributed by atoms with Gasteiger partial charge in [0.15, 0.2) is 11.0 Å². The van der Waals surface area contributed by atoms with E-state index < -0.39 is 23.2 Å². The molecular formula is C27H20Cl2FN5O3. The number of esters is 1. The molecule has 2 aliphatic heterocycles. The quantitative estimate of drug-likeness (QED) is 0.281. The number of carbonyl (C=O) groups excluding carboxylic acids is 2. The number of aromatic nitrogens is 3. The Morgan fingerprint density at radius 1 is 1.26 bits per heavy atom. The van der Waals surface area contributed by atoms with Crippen molar-refractivity contribution < 1.29 is 18.7 Å². The molecule has 3 aliphatic rings. The van der Waals surface area contributed by atoms with Crippen molar-refractivity contribution in [3.8, 4) is 0 Å². The van der Waals surface area contributed by atoms with Crippen LogP contribution in [0.15, 0.2) is 42.7 Å². The summed E-state index contributed by atoms with van der Waals surface area (Å²) in [4.78, 5) is 34.9. The fourth-order valence-electron chi connectivity index (χ4n) is 6.62. The maximum Gasteiger partial charge on any atom is 0.338 e. The molecular weight excluding hydrogens is 532 g/mol. The Labute approximate surface area is 226 Å². The average molecular weight is 552 g/mol. The zero-order chi connectivity index (χ0) is 26.5. The minimum Gasteiger partial charge on any atom is -0.465 e. The Balaban J connectivity index is 1.47. The summed E-state index contributed by atoms with van der Waals surface area (Å²) in [5, 5.41) is 6.75. The van der Waals surface area contributed by atoms with Crippen LogP contribution in [0.2, 0.25) is 10.2 Å². The Morgan fingerprint density at radius 3 is 2.87 bits per heavy atom. The Hall–Kier alpha value is -3.53. The molecule has 4 atom stereocenters. The lowest BCUT2D eigenvalue weighted by atomic mass is 9.71. The van der Waals surface area contributed by atoms with E-state index in [1.165, 1.54) is 13.3 Å². The summed E-state index contributed by atoms with van der Waals surface area (Å²) in [6.45, 7) is 1.84. The molecule has 1 aromatic carbocycles. The topological polar surface area (TPSA) is 97.6 Å². The number of amides is 1. The molecule has 8 nitrogen and oxygen atoms in total. The molecule has 1 spiro atoms. The molecule has 1 amide bonds. The van der Waals surface area contributed by atoms with Gasteiger partial charge in [-0.1, -0.05) is 29.3 Å². The number of imidazole rings is 1. The highest BCUT2D eigenvalue weighted by Gasteiger charge is 2.65. The standard InChI is InChI=1S/C27H20Cl2FN5O3/c1-11-10-35-18-9-17-20(23(18)33-19(35)8-14(11)25(36)38-2)21(13-5-6-31-24(29)22(13)30)27(34-17)15-4-3-12(28)7-16(15)32-26(27)37/h3-8,10,17,20-21,34H,9H2,1-2H3,(H,32,37)/t17-,20+,21-,27+/m0/s1. The number of halogens is 3. The SMILES string of the molecule is COC(=O)c1cc2nc3c(n2cc1C)C[C@@H]1N[C@@]2(C(=O)Nc4cc(Cl)ccc42)[C@@H](c2ccnc(Cl)c2F)[C@H]31. The summed E-state index contributed by atoms with van der Waals surface area (Å²) in [5.74, 6) is -2.47. The average Bonchev–Trinajstić information content (AvgIpc) is 3.58. The van der Waals surface area contributed by atoms with Crippen LogP contribution in [0.1, 0.15) is 50.3 Å². The van der Waals surface area contributed by atoms with Crippen LogP contribution in [-0.2, 0) is 21.5 Å². The smallest absolute Gasteiger partial charge is 0.338 e. The van der Waals surface area contributed by atoms with Gasteiger partial charge in [-0.2, -0.15) is 0 Å². The summed E-state index contributed by atoms with van der Waals surface area (Å²) in [7, 11) is 1.34. The molecule has 3 aromatic heterocycles. The van der Waals surface area contributed by atoms with Gasteiger partial charge in [-0.3, -0.25) is 10.1 Å². The van der Waals surface area contributed by atoms with E-state index in [1.54, 1.807) is 30.3 Å². The summed E-state index contributed by atoms with van der Waals surface area (Å²) in [5.41, 5.74) is 3.70. The van der Waals surface area contributed by atoms with E-state index in [9.17, 15) is 9.59 Å². The van der Waals surface area contributed by atoms with Gasteiger partial charge in [0.2, 0.25) is 5.91 Å². The number of hydrogen-bond donors (Lipinski definition) is 2. The van der Waals surface area contributed by atoms with Gasteiger partial charge in [0.1, 0.15) is 11.2 Å². The van der Waals surface area contributed by atoms with Crippen LogP contribution >= 0.6 is 23.2 Å². The first-order valence-electron chi connectivity index (χ1n) is 12.0. The molecule has 11 heteroatoms. The highest BCUT2D eigenvalue weighted by atomic mass is 35.5. The van der Waals surface area contributed by atoms with Crippen LogP contribution < -0.4 is 10.6 Å². The molecule has 192 valence electrons. The number of anilines is 1. The third-order valence-electron chi connectivity index (χ3n) is 8.12. The number of fused-ring (bicyclic) bond motifs is 7. The number of aryl methyl sites for hydroxylation is 1. The largest absolute Gasteiger partial charge is 0.465 e. The summed E-state index contributed by atoms with van der Waals surface area (Å²) in [6, 6.07) is 8.28. The number of methoxy groups -OCH3 is 1. The molecule has 4 aromatic rings. The molecule has 7 rings (SSSR count). The number of carbonyl (C=O) groups is 2. The lowest BCUT2D eigenvalue weighted by Gasteiger charge is -2.32. The molecule has 0 bridgehead atoms. The zero-order valence-electron chi connectivity index (χ0n) is 20.2. The van der Waals surface area contributed by atoms with Gasteiger partial charge in [0.05, 0.1) is 18.4 Å². The van der Waals surface area contributed by atoms with Gasteiger partial charge in [-0.05, 0) is 42.3 Å². The van der Waals surface area contributed by atoms with E-state index in [-0.39, 0.29) is 28.6 Å². The van der Waals surface area contributed by atoms with Gasteiger partial charge >= 0.3 is 5.97 Å². The zero-order valence-corrected chi connectivity index (χ0v) is 21.7. The minimum absolute atomic E-state index is 0.214. The van der Waals surface area contributed by atoms with Crippen LogP contribution in [0.4, 0.5) is 10.1 Å². The third kappa shape index (κ3) is 2.95. The number of nitrogens with one attached hydrogen (secondary N) is 2. The molecule has 5 heterocycles. The molecule has 38 heavy (non-hydrogen) atoms. The Bertz CT molecular complexity index is 1720. The second-order valence-corrected chi connectivity index (χ2v) is 10.7. The highest BCUT2D eigenvalue weighted by molar-refractivity contribution is 6.31. The van der Waals surface area contributed by atoms with Gasteiger partial charge in [0.25, 0.3) is 0 Å². The lowest BCUT2D eigenvalue weighted by Crippen LogP contribution is -2.49. The van der Waals surface area contributed by atoms with Crippen molar-refractivity contribution in [3.05, 3.63) is 92.4 Å². The summed E-state index contributed by atoms with van der Waals surface area (Å²) >= 11 is 12.4. The maximum absolute atomic E-state index is 15.7. The van der Waals surface area contributed by atoms with Crippen molar-refractivity contribution in [3.63, 3.8) is 0 Å². The van der Waals surface area contributed by atoms with E-state index in [0.717, 1.165) is 17.0 Å². The van der Waals surface area contributed by atoms with E-state index in [0.29, 0.717) is 33.9 Å². The molecule has 2 N–H and O–H groups in total. The van der Waals surface area contributed by atoms with Crippen LogP contribution in [0.3, 0.4) is 0 Å². The van der Waals surface area contributed by atoms with Crippen molar-refractivity contribution in [2.75, 3.05) is 12.4 Å². The number of benzene rings is 1. The molecule has 1 aliphatic carbocycles. The number of ether oxygens (including phenoxy) is 1. The molecule has 0 unspecified atom stereocenters. The Kier molecular flexibility index (Phi) is 4.96. The first kappa shape index (κ1) is 23.6. The maximum atomic E-state index is 15.7. The van der Waals surface area contributed by atoms with Gasteiger partial charge in [-0.25, -0.2) is 19.2 Å². The van der Waals surface area contributed by atoms with Gasteiger partial charge < -0.3 is 14.5 Å². The van der Waals surface area contributed by atoms with Crippen LogP contribution in [-0.4, -0.2) is 39.4 Å². The summed E-state index contributed by atoms with van der Waals surface area (Å²) in [6.07, 6.45) is 3.86. The second kappa shape index (κ2) is 7.99. The van der Waals surface area contributed by atoms with Crippen LogP contribution in [0, 0.1) is 12.7 Å². The number of nitrogens with zero attached hydrogens (tertiary/aromatic N) is 3. The number of rotatable bonds is 2. The number of pyridine rings is 2. The predicted molar refractivity (Wildman–Crippen MR) is 138 cm³/mol. The van der Waals surface area contributed by atoms with Crippen molar-refractivity contribution in [2.24, 2.45) is 0 Å². The molecule has 1 saturated heterocycles. The molecule has 0 radical (unpaired) electrons. The third-order valence-corrected chi connectivity index (χ3v) is 8.62. The normalized spacial score (nSPS) is 25.0. The predicted octanol–water partition coefficient (Wildman–Crippen LogP) is 4.51. The van der Waals surface area contributed by atoms with Crippen molar-refractivity contribution in [1.29, 1.82) is 0 Å². The minimum atomic E-state index is -1.28. The van der Waals surface area contributed by atoms with Crippen LogP contribution in [0.5, 0.6) is 0 Å². The summed E-state index contributed by atoms with van der Waals surface area (Å²) < 4.78 is 22.6. The van der Waals surface area contributed by atoms with Gasteiger partial charge in [0, 0.05) is 58.7 Å². The monoisotopic (exact) mass is 551 g/mol. The fraction of sp³-hybridized carbons (Fsp3) is 0.259. The lowest BCUT2D eigenvalue weighted by molar-refractivity contribution is -0.122. The van der Waals surface area contributed by atoms with E-state index >= 15 is 4.39 Å².